The highest BCUT2D eigenvalue weighted by Gasteiger charge is 2.14. The van der Waals surface area contributed by atoms with E-state index in [9.17, 15) is 19.2 Å². The van der Waals surface area contributed by atoms with Gasteiger partial charge in [-0.2, -0.15) is 0 Å². The highest BCUT2D eigenvalue weighted by Crippen LogP contribution is 2.18. The Labute approximate surface area is 367 Å². The van der Waals surface area contributed by atoms with Crippen LogP contribution in [0.4, 0.5) is 0 Å². The van der Waals surface area contributed by atoms with Gasteiger partial charge in [-0.1, -0.05) is 153 Å². The molecule has 9 heteroatoms. The number of allylic oxidation sites excluding steroid dienone is 4. The quantitative estimate of drug-likeness (QED) is 0.0262. The molecule has 0 aliphatic heterocycles. The van der Waals surface area contributed by atoms with E-state index < -0.39 is 5.97 Å². The van der Waals surface area contributed by atoms with Gasteiger partial charge in [-0.25, -0.2) is 0 Å². The van der Waals surface area contributed by atoms with E-state index in [2.05, 4.69) is 59.0 Å². The Kier molecular flexibility index (Phi) is 37.2. The molecule has 342 valence electrons. The smallest absolute Gasteiger partial charge is 0.308 e. The van der Waals surface area contributed by atoms with Crippen LogP contribution >= 0.6 is 0 Å². The molecule has 0 saturated heterocycles. The van der Waals surface area contributed by atoms with Crippen LogP contribution in [0.3, 0.4) is 0 Å². The zero-order chi connectivity index (χ0) is 43.6. The monoisotopic (exact) mass is 837 g/mol. The van der Waals surface area contributed by atoms with Crippen LogP contribution in [-0.2, 0) is 14.4 Å². The first-order valence-corrected chi connectivity index (χ1v) is 24.5. The summed E-state index contributed by atoms with van der Waals surface area (Å²) in [4.78, 5) is 51.9. The fourth-order valence-electron chi connectivity index (χ4n) is 7.25. The molecule has 0 aromatic heterocycles. The lowest BCUT2D eigenvalue weighted by Crippen LogP contribution is -2.43. The molecule has 0 aliphatic carbocycles. The average molecular weight is 837 g/mol. The van der Waals surface area contributed by atoms with Gasteiger partial charge in [0.15, 0.2) is 0 Å². The molecule has 1 aromatic carbocycles. The van der Waals surface area contributed by atoms with Crippen molar-refractivity contribution in [3.63, 3.8) is 0 Å². The summed E-state index contributed by atoms with van der Waals surface area (Å²) in [6.07, 6.45) is 42.4. The van der Waals surface area contributed by atoms with E-state index in [-0.39, 0.29) is 23.5 Å². The molecule has 0 radical (unpaired) electrons. The number of hydrogen-bond acceptors (Lipinski definition) is 6. The maximum atomic E-state index is 13.0. The van der Waals surface area contributed by atoms with Gasteiger partial charge in [-0.3, -0.25) is 24.1 Å². The third kappa shape index (κ3) is 34.3. The van der Waals surface area contributed by atoms with E-state index in [0.29, 0.717) is 57.7 Å². The Balaban J connectivity index is 2.34. The number of benzene rings is 1. The molecule has 0 fully saturated rings. The number of amides is 3. The molecule has 0 saturated carbocycles. The molecule has 9 nitrogen and oxygen atoms in total. The van der Waals surface area contributed by atoms with E-state index >= 15 is 0 Å². The van der Waals surface area contributed by atoms with Crippen molar-refractivity contribution in [1.82, 2.24) is 20.9 Å². The number of nitrogens with one attached hydrogen (secondary N) is 3. The number of unbranched alkanes of at least 4 members (excludes halogenated alkanes) is 22. The molecule has 0 heterocycles. The molecule has 3 amide bonds. The SMILES string of the molecule is CCCCCCCC/C=C/CCCCCCCC(=O)NCCN(CCNC(=O)CCCCCCC/C=C/CCCCCCCC)CCNC(=O)c1ccccc1OC(C)=O. The number of nitrogens with zero attached hydrogens (tertiary/aromatic N) is 1. The molecular formula is C51H88N4O5. The normalized spacial score (nSPS) is 11.5. The summed E-state index contributed by atoms with van der Waals surface area (Å²) in [5.41, 5.74) is 0.296. The minimum Gasteiger partial charge on any atom is -0.426 e. The third-order valence-electron chi connectivity index (χ3n) is 10.9. The number of ether oxygens (including phenoxy) is 1. The van der Waals surface area contributed by atoms with Crippen molar-refractivity contribution in [2.75, 3.05) is 39.3 Å². The molecule has 0 bridgehead atoms. The average Bonchev–Trinajstić information content (AvgIpc) is 3.23. The molecule has 1 rings (SSSR count). The van der Waals surface area contributed by atoms with Gasteiger partial charge in [0.25, 0.3) is 5.91 Å². The Morgan fingerprint density at radius 1 is 0.500 bits per heavy atom. The highest BCUT2D eigenvalue weighted by molar-refractivity contribution is 5.97. The molecule has 0 atom stereocenters. The van der Waals surface area contributed by atoms with Crippen molar-refractivity contribution < 1.29 is 23.9 Å². The summed E-state index contributed by atoms with van der Waals surface area (Å²) < 4.78 is 5.21. The van der Waals surface area contributed by atoms with Crippen LogP contribution in [0.25, 0.3) is 0 Å². The van der Waals surface area contributed by atoms with E-state index in [0.717, 1.165) is 51.4 Å². The van der Waals surface area contributed by atoms with Gasteiger partial charge in [0.1, 0.15) is 5.75 Å². The predicted octanol–water partition coefficient (Wildman–Crippen LogP) is 12.0. The van der Waals surface area contributed by atoms with Gasteiger partial charge >= 0.3 is 5.97 Å². The second-order valence-electron chi connectivity index (χ2n) is 16.6. The number of carbonyl (C=O) groups excluding carboxylic acids is 4. The van der Waals surface area contributed by atoms with Crippen LogP contribution < -0.4 is 20.7 Å². The molecule has 0 spiro atoms. The number of carbonyl (C=O) groups is 4. The molecular weight excluding hydrogens is 749 g/mol. The van der Waals surface area contributed by atoms with E-state index in [1.807, 2.05) is 0 Å². The van der Waals surface area contributed by atoms with Gasteiger partial charge in [-0.05, 0) is 76.3 Å². The van der Waals surface area contributed by atoms with Crippen molar-refractivity contribution in [2.45, 2.75) is 201 Å². The molecule has 60 heavy (non-hydrogen) atoms. The Morgan fingerprint density at radius 3 is 1.28 bits per heavy atom. The van der Waals surface area contributed by atoms with E-state index in [4.69, 9.17) is 4.74 Å². The molecule has 1 aromatic rings. The predicted molar refractivity (Wildman–Crippen MR) is 251 cm³/mol. The van der Waals surface area contributed by atoms with Crippen LogP contribution in [0.5, 0.6) is 5.75 Å². The maximum Gasteiger partial charge on any atom is 0.308 e. The zero-order valence-corrected chi connectivity index (χ0v) is 38.6. The summed E-state index contributed by atoms with van der Waals surface area (Å²) in [5, 5.41) is 9.06. The lowest BCUT2D eigenvalue weighted by Gasteiger charge is -2.23. The topological polar surface area (TPSA) is 117 Å². The molecule has 0 aliphatic rings. The second kappa shape index (κ2) is 40.9. The van der Waals surface area contributed by atoms with E-state index in [1.54, 1.807) is 24.3 Å². The van der Waals surface area contributed by atoms with E-state index in [1.165, 1.54) is 122 Å². The van der Waals surface area contributed by atoms with Crippen molar-refractivity contribution in [1.29, 1.82) is 0 Å². The maximum absolute atomic E-state index is 13.0. The first-order chi connectivity index (χ1) is 29.4. The Bertz CT molecular complexity index is 1220. The van der Waals surface area contributed by atoms with Gasteiger partial charge in [0.2, 0.25) is 11.8 Å². The third-order valence-corrected chi connectivity index (χ3v) is 10.9. The fraction of sp³-hybridized carbons (Fsp3) is 0.725. The Morgan fingerprint density at radius 2 is 0.867 bits per heavy atom. The standard InChI is InChI=1S/C51H88N4O5/c1-4-6-8-10-12-14-16-18-20-22-24-26-28-30-32-38-49(57)52-40-43-55(45-42-54-51(59)47-36-34-35-37-48(47)60-46(3)56)44-41-53-50(58)39-33-31-29-27-25-23-21-19-17-15-13-11-9-7-5-2/h18-21,34-37H,4-17,22-33,38-45H2,1-3H3,(H,52,57)(H,53,58)(H,54,59)/b20-18+,21-19+. The molecule has 3 N–H and O–H groups in total. The van der Waals surface area contributed by atoms with Crippen LogP contribution in [-0.4, -0.2) is 67.9 Å². The van der Waals surface area contributed by atoms with Crippen molar-refractivity contribution in [3.05, 3.63) is 54.1 Å². The van der Waals surface area contributed by atoms with Crippen LogP contribution in [0.2, 0.25) is 0 Å². The van der Waals surface area contributed by atoms with Gasteiger partial charge in [0, 0.05) is 59.0 Å². The highest BCUT2D eigenvalue weighted by atomic mass is 16.5. The van der Waals surface area contributed by atoms with Gasteiger partial charge in [0.05, 0.1) is 5.56 Å². The number of rotatable bonds is 41. The summed E-state index contributed by atoms with van der Waals surface area (Å²) >= 11 is 0. The van der Waals surface area contributed by atoms with Gasteiger partial charge < -0.3 is 20.7 Å². The van der Waals surface area contributed by atoms with Crippen LogP contribution in [0.1, 0.15) is 211 Å². The van der Waals surface area contributed by atoms with Gasteiger partial charge in [-0.15, -0.1) is 0 Å². The minimum absolute atomic E-state index is 0.0659. The first-order valence-electron chi connectivity index (χ1n) is 24.5. The van der Waals surface area contributed by atoms with Crippen molar-refractivity contribution >= 4 is 23.7 Å². The lowest BCUT2D eigenvalue weighted by molar-refractivity contribution is -0.132. The molecule has 0 unspecified atom stereocenters. The summed E-state index contributed by atoms with van der Waals surface area (Å²) in [6.45, 7) is 8.92. The number of hydrogen-bond donors (Lipinski definition) is 3. The fourth-order valence-corrected chi connectivity index (χ4v) is 7.25. The van der Waals surface area contributed by atoms with Crippen molar-refractivity contribution in [3.8, 4) is 5.75 Å². The van der Waals surface area contributed by atoms with Crippen molar-refractivity contribution in [2.24, 2.45) is 0 Å². The Hall–Kier alpha value is -3.46. The summed E-state index contributed by atoms with van der Waals surface area (Å²) in [5.74, 6) is -0.456. The lowest BCUT2D eigenvalue weighted by atomic mass is 10.1. The van der Waals surface area contributed by atoms with Crippen LogP contribution in [0.15, 0.2) is 48.6 Å². The first kappa shape index (κ1) is 54.6. The number of para-hydroxylation sites is 1. The summed E-state index contributed by atoms with van der Waals surface area (Å²) in [6, 6.07) is 6.67. The number of esters is 1. The van der Waals surface area contributed by atoms with Crippen LogP contribution in [0, 0.1) is 0 Å². The second-order valence-corrected chi connectivity index (χ2v) is 16.6. The largest absolute Gasteiger partial charge is 0.426 e. The summed E-state index contributed by atoms with van der Waals surface area (Å²) in [7, 11) is 0. The zero-order valence-electron chi connectivity index (χ0n) is 38.6. The minimum atomic E-state index is -0.486.